The van der Waals surface area contributed by atoms with Crippen LogP contribution < -0.4 is 5.32 Å². The summed E-state index contributed by atoms with van der Waals surface area (Å²) in [7, 11) is 0. The molecule has 94 valence electrons. The number of aliphatic carboxylic acids is 1. The normalized spacial score (nSPS) is 34.4. The van der Waals surface area contributed by atoms with Crippen molar-refractivity contribution in [1.29, 1.82) is 0 Å². The van der Waals surface area contributed by atoms with Crippen LogP contribution in [0.3, 0.4) is 0 Å². The van der Waals surface area contributed by atoms with Crippen LogP contribution >= 0.6 is 0 Å². The largest absolute Gasteiger partial charge is 0.480 e. The summed E-state index contributed by atoms with van der Waals surface area (Å²) < 4.78 is 0. The smallest absolute Gasteiger partial charge is 0.323 e. The van der Waals surface area contributed by atoms with Crippen molar-refractivity contribution < 1.29 is 9.90 Å². The van der Waals surface area contributed by atoms with Crippen molar-refractivity contribution in [2.45, 2.75) is 65.0 Å². The van der Waals surface area contributed by atoms with E-state index < -0.39 is 11.5 Å². The third-order valence-corrected chi connectivity index (χ3v) is 4.30. The van der Waals surface area contributed by atoms with Crippen LogP contribution in [0.25, 0.3) is 0 Å². The number of nitrogens with one attached hydrogen (secondary N) is 1. The number of carboxylic acids is 1. The summed E-state index contributed by atoms with van der Waals surface area (Å²) in [4.78, 5) is 11.2. The molecule has 1 aliphatic carbocycles. The zero-order chi connectivity index (χ0) is 12.3. The summed E-state index contributed by atoms with van der Waals surface area (Å²) in [5.74, 6) is 0.734. The van der Waals surface area contributed by atoms with Crippen molar-refractivity contribution in [2.75, 3.05) is 0 Å². The van der Waals surface area contributed by atoms with Crippen molar-refractivity contribution in [3.63, 3.8) is 0 Å². The molecule has 0 saturated heterocycles. The van der Waals surface area contributed by atoms with E-state index in [2.05, 4.69) is 19.2 Å². The second-order valence-corrected chi connectivity index (χ2v) is 5.60. The zero-order valence-electron chi connectivity index (χ0n) is 10.9. The minimum Gasteiger partial charge on any atom is -0.480 e. The van der Waals surface area contributed by atoms with E-state index in [1.54, 1.807) is 6.92 Å². The molecule has 0 heterocycles. The highest BCUT2D eigenvalue weighted by Crippen LogP contribution is 2.30. The molecule has 4 unspecified atom stereocenters. The highest BCUT2D eigenvalue weighted by molar-refractivity contribution is 5.78. The standard InChI is InChI=1S/C13H25NO2/c1-5-13(4,12(15)16)14-11-7-6-9(2)10(3)8-11/h9-11,14H,5-8H2,1-4H3,(H,15,16). The summed E-state index contributed by atoms with van der Waals surface area (Å²) in [5.41, 5.74) is -0.759. The van der Waals surface area contributed by atoms with Gasteiger partial charge in [0.25, 0.3) is 0 Å². The second kappa shape index (κ2) is 5.17. The summed E-state index contributed by atoms with van der Waals surface area (Å²) in [5, 5.41) is 12.6. The molecular formula is C13H25NO2. The molecule has 0 aromatic heterocycles. The average molecular weight is 227 g/mol. The zero-order valence-corrected chi connectivity index (χ0v) is 10.9. The fourth-order valence-electron chi connectivity index (χ4n) is 2.44. The van der Waals surface area contributed by atoms with Gasteiger partial charge in [-0.1, -0.05) is 20.8 Å². The van der Waals surface area contributed by atoms with Gasteiger partial charge in [0.15, 0.2) is 0 Å². The summed E-state index contributed by atoms with van der Waals surface area (Å²) in [6.45, 7) is 8.27. The van der Waals surface area contributed by atoms with Gasteiger partial charge in [0, 0.05) is 6.04 Å². The molecule has 0 amide bonds. The molecule has 0 aliphatic heterocycles. The monoisotopic (exact) mass is 227 g/mol. The fraction of sp³-hybridized carbons (Fsp3) is 0.923. The first kappa shape index (κ1) is 13.5. The molecule has 3 nitrogen and oxygen atoms in total. The maximum absolute atomic E-state index is 11.2. The van der Waals surface area contributed by atoms with E-state index in [0.29, 0.717) is 18.4 Å². The Balaban J connectivity index is 2.57. The number of carbonyl (C=O) groups is 1. The van der Waals surface area contributed by atoms with E-state index in [9.17, 15) is 9.90 Å². The fourth-order valence-corrected chi connectivity index (χ4v) is 2.44. The molecule has 1 fully saturated rings. The van der Waals surface area contributed by atoms with Gasteiger partial charge in [0.05, 0.1) is 0 Å². The lowest BCUT2D eigenvalue weighted by molar-refractivity contribution is -0.144. The van der Waals surface area contributed by atoms with Crippen molar-refractivity contribution in [1.82, 2.24) is 5.32 Å². The van der Waals surface area contributed by atoms with Crippen LogP contribution in [0.1, 0.15) is 53.4 Å². The lowest BCUT2D eigenvalue weighted by Gasteiger charge is -2.37. The van der Waals surface area contributed by atoms with Gasteiger partial charge in [-0.25, -0.2) is 0 Å². The number of rotatable bonds is 4. The maximum Gasteiger partial charge on any atom is 0.323 e. The molecule has 2 N–H and O–H groups in total. The van der Waals surface area contributed by atoms with Gasteiger partial charge in [0.2, 0.25) is 0 Å². The molecule has 1 aliphatic rings. The Morgan fingerprint density at radius 3 is 2.44 bits per heavy atom. The Labute approximate surface area is 98.6 Å². The number of hydrogen-bond acceptors (Lipinski definition) is 2. The molecule has 0 radical (unpaired) electrons. The SMILES string of the molecule is CCC(C)(NC1CCC(C)C(C)C1)C(=O)O. The first-order valence-electron chi connectivity index (χ1n) is 6.40. The van der Waals surface area contributed by atoms with Crippen LogP contribution in [0.2, 0.25) is 0 Å². The van der Waals surface area contributed by atoms with Crippen molar-refractivity contribution >= 4 is 5.97 Å². The Kier molecular flexibility index (Phi) is 4.36. The number of hydrogen-bond donors (Lipinski definition) is 2. The van der Waals surface area contributed by atoms with E-state index in [4.69, 9.17) is 0 Å². The minimum atomic E-state index is -0.759. The van der Waals surface area contributed by atoms with Gasteiger partial charge in [-0.05, 0) is 44.4 Å². The van der Waals surface area contributed by atoms with Crippen LogP contribution in [0, 0.1) is 11.8 Å². The van der Waals surface area contributed by atoms with Crippen LogP contribution in [0.5, 0.6) is 0 Å². The average Bonchev–Trinajstić information content (AvgIpc) is 2.23. The molecule has 4 atom stereocenters. The molecule has 3 heteroatoms. The third kappa shape index (κ3) is 2.97. The van der Waals surface area contributed by atoms with Gasteiger partial charge in [-0.3, -0.25) is 10.1 Å². The van der Waals surface area contributed by atoms with Crippen molar-refractivity contribution in [3.8, 4) is 0 Å². The van der Waals surface area contributed by atoms with Gasteiger partial charge in [-0.2, -0.15) is 0 Å². The second-order valence-electron chi connectivity index (χ2n) is 5.60. The highest BCUT2D eigenvalue weighted by Gasteiger charge is 2.35. The van der Waals surface area contributed by atoms with Gasteiger partial charge < -0.3 is 5.11 Å². The summed E-state index contributed by atoms with van der Waals surface area (Å²) in [6, 6.07) is 0.368. The molecule has 0 spiro atoms. The molecule has 16 heavy (non-hydrogen) atoms. The van der Waals surface area contributed by atoms with Crippen molar-refractivity contribution in [2.24, 2.45) is 11.8 Å². The van der Waals surface area contributed by atoms with E-state index in [1.165, 1.54) is 6.42 Å². The van der Waals surface area contributed by atoms with Gasteiger partial charge >= 0.3 is 5.97 Å². The summed E-state index contributed by atoms with van der Waals surface area (Å²) >= 11 is 0. The van der Waals surface area contributed by atoms with Crippen LogP contribution in [0.4, 0.5) is 0 Å². The van der Waals surface area contributed by atoms with Crippen LogP contribution in [0.15, 0.2) is 0 Å². The highest BCUT2D eigenvalue weighted by atomic mass is 16.4. The van der Waals surface area contributed by atoms with Crippen LogP contribution in [-0.2, 0) is 4.79 Å². The van der Waals surface area contributed by atoms with E-state index in [0.717, 1.165) is 18.8 Å². The molecule has 0 aromatic rings. The number of carboxylic acid groups (broad SMARTS) is 1. The topological polar surface area (TPSA) is 49.3 Å². The Morgan fingerprint density at radius 2 is 2.00 bits per heavy atom. The Morgan fingerprint density at radius 1 is 1.38 bits per heavy atom. The molecule has 1 rings (SSSR count). The molecule has 0 aromatic carbocycles. The summed E-state index contributed by atoms with van der Waals surface area (Å²) in [6.07, 6.45) is 4.04. The first-order valence-corrected chi connectivity index (χ1v) is 6.40. The van der Waals surface area contributed by atoms with Gasteiger partial charge in [-0.15, -0.1) is 0 Å². The lowest BCUT2D eigenvalue weighted by atomic mass is 9.78. The maximum atomic E-state index is 11.2. The molecule has 0 bridgehead atoms. The lowest BCUT2D eigenvalue weighted by Crippen LogP contribution is -2.54. The third-order valence-electron chi connectivity index (χ3n) is 4.30. The predicted molar refractivity (Wildman–Crippen MR) is 65.4 cm³/mol. The Hall–Kier alpha value is -0.570. The molecular weight excluding hydrogens is 202 g/mol. The van der Waals surface area contributed by atoms with Crippen molar-refractivity contribution in [3.05, 3.63) is 0 Å². The minimum absolute atomic E-state index is 0.368. The van der Waals surface area contributed by atoms with E-state index in [1.807, 2.05) is 6.92 Å². The van der Waals surface area contributed by atoms with Crippen LogP contribution in [-0.4, -0.2) is 22.7 Å². The first-order chi connectivity index (χ1) is 7.39. The molecule has 1 saturated carbocycles. The quantitative estimate of drug-likeness (QED) is 0.776. The van der Waals surface area contributed by atoms with E-state index >= 15 is 0 Å². The Bertz CT molecular complexity index is 254. The van der Waals surface area contributed by atoms with E-state index in [-0.39, 0.29) is 0 Å². The van der Waals surface area contributed by atoms with Gasteiger partial charge in [0.1, 0.15) is 5.54 Å². The predicted octanol–water partition coefficient (Wildman–Crippen LogP) is 2.65.